The lowest BCUT2D eigenvalue weighted by Crippen LogP contribution is -2.16. The molecule has 10 heteroatoms. The van der Waals surface area contributed by atoms with Gasteiger partial charge in [0.05, 0.1) is 37.9 Å². The number of nitrogens with two attached hydrogens (primary N) is 2. The van der Waals surface area contributed by atoms with Crippen LogP contribution in [0.4, 0.5) is 0 Å². The van der Waals surface area contributed by atoms with E-state index in [1.54, 1.807) is 0 Å². The SMILES string of the molecule is C/C(=N/N)c1ccc2c(c1)OCCOCCOc1cc(/C(C)=N\N)ccc1OCCOCCO2. The zero-order chi connectivity index (χ0) is 24.2. The summed E-state index contributed by atoms with van der Waals surface area (Å²) in [6.45, 7) is 6.59. The Kier molecular flexibility index (Phi) is 9.80. The first-order valence-corrected chi connectivity index (χ1v) is 11.1. The van der Waals surface area contributed by atoms with Crippen LogP contribution in [-0.4, -0.2) is 64.3 Å². The highest BCUT2D eigenvalue weighted by Gasteiger charge is 2.11. The van der Waals surface area contributed by atoms with Crippen LogP contribution in [0.2, 0.25) is 0 Å². The van der Waals surface area contributed by atoms with E-state index in [4.69, 9.17) is 40.1 Å². The van der Waals surface area contributed by atoms with Gasteiger partial charge >= 0.3 is 0 Å². The number of nitrogens with zero attached hydrogens (tertiary/aromatic N) is 2. The molecule has 0 aromatic heterocycles. The van der Waals surface area contributed by atoms with Crippen molar-refractivity contribution in [2.45, 2.75) is 13.8 Å². The van der Waals surface area contributed by atoms with Gasteiger partial charge in [0.25, 0.3) is 0 Å². The van der Waals surface area contributed by atoms with Crippen molar-refractivity contribution in [3.63, 3.8) is 0 Å². The number of benzene rings is 2. The Balaban J connectivity index is 1.66. The molecule has 184 valence electrons. The van der Waals surface area contributed by atoms with Gasteiger partial charge in [-0.25, -0.2) is 0 Å². The molecular formula is C24H32N4O6. The van der Waals surface area contributed by atoms with Crippen LogP contribution in [0.1, 0.15) is 25.0 Å². The molecule has 0 bridgehead atoms. The van der Waals surface area contributed by atoms with E-state index >= 15 is 0 Å². The van der Waals surface area contributed by atoms with Gasteiger partial charge in [0.1, 0.15) is 26.4 Å². The van der Waals surface area contributed by atoms with Gasteiger partial charge in [0.2, 0.25) is 0 Å². The second kappa shape index (κ2) is 13.3. The molecule has 3 rings (SSSR count). The molecular weight excluding hydrogens is 440 g/mol. The van der Waals surface area contributed by atoms with Crippen LogP contribution < -0.4 is 30.6 Å². The maximum atomic E-state index is 5.91. The molecule has 34 heavy (non-hydrogen) atoms. The number of rotatable bonds is 2. The van der Waals surface area contributed by atoms with Gasteiger partial charge in [-0.15, -0.1) is 0 Å². The highest BCUT2D eigenvalue weighted by Crippen LogP contribution is 2.30. The molecule has 0 saturated carbocycles. The predicted octanol–water partition coefficient (Wildman–Crippen LogP) is 2.31. The number of fused-ring (bicyclic) bond motifs is 2. The summed E-state index contributed by atoms with van der Waals surface area (Å²) in [4.78, 5) is 0. The fourth-order valence-electron chi connectivity index (χ4n) is 3.13. The van der Waals surface area contributed by atoms with Crippen LogP contribution in [0, 0.1) is 0 Å². The van der Waals surface area contributed by atoms with Gasteiger partial charge in [-0.2, -0.15) is 10.2 Å². The van der Waals surface area contributed by atoms with E-state index in [1.165, 1.54) is 0 Å². The third-order valence-corrected chi connectivity index (χ3v) is 5.05. The van der Waals surface area contributed by atoms with Crippen molar-refractivity contribution >= 4 is 11.4 Å². The minimum atomic E-state index is 0.338. The van der Waals surface area contributed by atoms with E-state index in [1.807, 2.05) is 50.2 Å². The lowest BCUT2D eigenvalue weighted by atomic mass is 10.1. The second-order valence-corrected chi connectivity index (χ2v) is 7.37. The molecule has 2 aromatic rings. The second-order valence-electron chi connectivity index (χ2n) is 7.37. The van der Waals surface area contributed by atoms with Crippen molar-refractivity contribution < 1.29 is 28.4 Å². The first-order chi connectivity index (χ1) is 16.6. The fraction of sp³-hybridized carbons (Fsp3) is 0.417. The Morgan fingerprint density at radius 1 is 0.559 bits per heavy atom. The molecule has 0 unspecified atom stereocenters. The highest BCUT2D eigenvalue weighted by molar-refractivity contribution is 5.99. The first-order valence-electron chi connectivity index (χ1n) is 11.1. The van der Waals surface area contributed by atoms with E-state index < -0.39 is 0 Å². The normalized spacial score (nSPS) is 16.9. The molecule has 1 heterocycles. The molecule has 0 saturated heterocycles. The van der Waals surface area contributed by atoms with Gasteiger partial charge in [0.15, 0.2) is 23.0 Å². The third-order valence-electron chi connectivity index (χ3n) is 5.05. The zero-order valence-electron chi connectivity index (χ0n) is 19.6. The van der Waals surface area contributed by atoms with Gasteiger partial charge < -0.3 is 40.1 Å². The quantitative estimate of drug-likeness (QED) is 0.387. The van der Waals surface area contributed by atoms with Crippen molar-refractivity contribution in [1.29, 1.82) is 0 Å². The number of ether oxygens (including phenoxy) is 6. The third kappa shape index (κ3) is 7.26. The van der Waals surface area contributed by atoms with E-state index in [0.717, 1.165) is 11.1 Å². The predicted molar refractivity (Wildman–Crippen MR) is 129 cm³/mol. The molecule has 1 aliphatic rings. The lowest BCUT2D eigenvalue weighted by Gasteiger charge is -2.16. The minimum Gasteiger partial charge on any atom is -0.487 e. The van der Waals surface area contributed by atoms with Crippen LogP contribution in [0.15, 0.2) is 46.6 Å². The monoisotopic (exact) mass is 472 g/mol. The summed E-state index contributed by atoms with van der Waals surface area (Å²) in [5, 5.41) is 7.48. The molecule has 0 aliphatic carbocycles. The Labute approximate surface area is 199 Å². The molecule has 0 atom stereocenters. The molecule has 0 amide bonds. The van der Waals surface area contributed by atoms with Crippen LogP contribution >= 0.6 is 0 Å². The van der Waals surface area contributed by atoms with Crippen LogP contribution in [-0.2, 0) is 9.47 Å². The lowest BCUT2D eigenvalue weighted by molar-refractivity contribution is 0.0640. The van der Waals surface area contributed by atoms with Crippen molar-refractivity contribution in [3.05, 3.63) is 47.5 Å². The smallest absolute Gasteiger partial charge is 0.161 e. The van der Waals surface area contributed by atoms with Crippen molar-refractivity contribution in [2.24, 2.45) is 21.9 Å². The first kappa shape index (κ1) is 25.1. The van der Waals surface area contributed by atoms with Crippen LogP contribution in [0.25, 0.3) is 0 Å². The summed E-state index contributed by atoms with van der Waals surface area (Å²) in [6, 6.07) is 11.1. The molecule has 1 aliphatic heterocycles. The summed E-state index contributed by atoms with van der Waals surface area (Å²) in [5.74, 6) is 13.2. The number of hydrazone groups is 2. The van der Waals surface area contributed by atoms with Gasteiger partial charge in [-0.05, 0) is 50.2 Å². The van der Waals surface area contributed by atoms with Gasteiger partial charge in [0, 0.05) is 11.1 Å². The summed E-state index contributed by atoms with van der Waals surface area (Å²) in [5.41, 5.74) is 3.09. The average Bonchev–Trinajstić information content (AvgIpc) is 2.87. The molecule has 0 spiro atoms. The minimum absolute atomic E-state index is 0.338. The highest BCUT2D eigenvalue weighted by atomic mass is 16.6. The largest absolute Gasteiger partial charge is 0.487 e. The molecule has 10 nitrogen and oxygen atoms in total. The topological polar surface area (TPSA) is 132 Å². The Morgan fingerprint density at radius 3 is 1.26 bits per heavy atom. The van der Waals surface area contributed by atoms with E-state index in [0.29, 0.717) is 87.3 Å². The standard InChI is InChI=1S/C24H32N4O6/c1-17(27-25)19-3-5-21-23(15-19)33-13-9-30-10-14-34-24-16-20(18(2)28-26)4-6-22(24)32-12-8-29-7-11-31-21/h3-6,15-16H,7-14,25-26H2,1-2H3/b27-17-,28-18-. The maximum Gasteiger partial charge on any atom is 0.161 e. The van der Waals surface area contributed by atoms with Crippen LogP contribution in [0.5, 0.6) is 23.0 Å². The van der Waals surface area contributed by atoms with Crippen LogP contribution in [0.3, 0.4) is 0 Å². The van der Waals surface area contributed by atoms with E-state index in [2.05, 4.69) is 10.2 Å². The van der Waals surface area contributed by atoms with E-state index in [-0.39, 0.29) is 0 Å². The van der Waals surface area contributed by atoms with Crippen molar-refractivity contribution in [2.75, 3.05) is 52.9 Å². The summed E-state index contributed by atoms with van der Waals surface area (Å²) in [6.07, 6.45) is 0. The molecule has 0 fully saturated rings. The Morgan fingerprint density at radius 2 is 0.912 bits per heavy atom. The van der Waals surface area contributed by atoms with E-state index in [9.17, 15) is 0 Å². The molecule has 0 radical (unpaired) electrons. The Hall–Kier alpha value is -3.50. The van der Waals surface area contributed by atoms with Gasteiger partial charge in [-0.3, -0.25) is 0 Å². The molecule has 4 N–H and O–H groups in total. The van der Waals surface area contributed by atoms with Crippen molar-refractivity contribution in [1.82, 2.24) is 0 Å². The number of hydrogen-bond donors (Lipinski definition) is 2. The maximum absolute atomic E-state index is 5.91. The van der Waals surface area contributed by atoms with Crippen molar-refractivity contribution in [3.8, 4) is 23.0 Å². The fourth-order valence-corrected chi connectivity index (χ4v) is 3.13. The average molecular weight is 473 g/mol. The van der Waals surface area contributed by atoms with Gasteiger partial charge in [-0.1, -0.05) is 0 Å². The summed E-state index contributed by atoms with van der Waals surface area (Å²) < 4.78 is 34.8. The Bertz CT molecular complexity index is 918. The number of hydrogen-bond acceptors (Lipinski definition) is 10. The summed E-state index contributed by atoms with van der Waals surface area (Å²) >= 11 is 0. The zero-order valence-corrected chi connectivity index (χ0v) is 19.6. The molecule has 2 aromatic carbocycles. The summed E-state index contributed by atoms with van der Waals surface area (Å²) in [7, 11) is 0.